The molecule has 0 aliphatic carbocycles. The predicted octanol–water partition coefficient (Wildman–Crippen LogP) is 5.42. The van der Waals surface area contributed by atoms with Crippen LogP contribution in [0.1, 0.15) is 36.6 Å². The van der Waals surface area contributed by atoms with Crippen molar-refractivity contribution in [3.05, 3.63) is 87.6 Å². The maximum Gasteiger partial charge on any atom is 0.130 e. The molecule has 1 aliphatic rings. The van der Waals surface area contributed by atoms with Gasteiger partial charge in [0.05, 0.1) is 6.04 Å². The Bertz CT molecular complexity index is 974. The molecule has 1 aromatic heterocycles. The number of phenols is 1. The van der Waals surface area contributed by atoms with Crippen molar-refractivity contribution in [2.24, 2.45) is 0 Å². The van der Waals surface area contributed by atoms with E-state index in [0.717, 1.165) is 12.1 Å². The van der Waals surface area contributed by atoms with Crippen molar-refractivity contribution in [3.63, 3.8) is 0 Å². The van der Waals surface area contributed by atoms with Crippen LogP contribution in [0, 0.1) is 11.6 Å². The zero-order valence-electron chi connectivity index (χ0n) is 17.1. The van der Waals surface area contributed by atoms with E-state index in [1.54, 1.807) is 17.4 Å². The third-order valence-electron chi connectivity index (χ3n) is 5.96. The lowest BCUT2D eigenvalue weighted by molar-refractivity contribution is 0.0185. The Morgan fingerprint density at radius 2 is 1.73 bits per heavy atom. The molecule has 30 heavy (non-hydrogen) atoms. The van der Waals surface area contributed by atoms with E-state index in [2.05, 4.69) is 40.5 Å². The summed E-state index contributed by atoms with van der Waals surface area (Å²) in [5, 5.41) is 14.3. The Hall–Kier alpha value is -2.28. The molecular formula is C24H26F2N2OS. The lowest BCUT2D eigenvalue weighted by Crippen LogP contribution is -2.56. The number of hydrogen-bond donors (Lipinski definition) is 1. The molecule has 0 saturated carbocycles. The molecule has 2 heterocycles. The third-order valence-corrected chi connectivity index (χ3v) is 6.66. The standard InChI is InChI=1S/C24H26F2N2OS/c1-16-13-28(17(2)12-27(16)14-21-22(25)7-4-8-23(21)26)24(19-9-10-30-15-19)18-5-3-6-20(29)11-18/h3-11,15-17,24,29H,12-14H2,1-2H3/t16-,17+,24+/m1/s1. The molecule has 1 saturated heterocycles. The SMILES string of the molecule is C[C@@H]1CN([C@H](c2ccsc2)c2cccc(O)c2)[C@@H](C)CN1Cc1c(F)cccc1F. The first kappa shape index (κ1) is 21.0. The van der Waals surface area contributed by atoms with Gasteiger partial charge >= 0.3 is 0 Å². The largest absolute Gasteiger partial charge is 0.508 e. The number of rotatable bonds is 5. The minimum atomic E-state index is -0.492. The monoisotopic (exact) mass is 428 g/mol. The molecule has 3 nitrogen and oxygen atoms in total. The first-order valence-electron chi connectivity index (χ1n) is 10.2. The van der Waals surface area contributed by atoms with Gasteiger partial charge in [0.1, 0.15) is 17.4 Å². The van der Waals surface area contributed by atoms with Crippen molar-refractivity contribution in [2.45, 2.75) is 38.5 Å². The number of thiophene rings is 1. The Morgan fingerprint density at radius 3 is 2.40 bits per heavy atom. The van der Waals surface area contributed by atoms with Crippen molar-refractivity contribution < 1.29 is 13.9 Å². The maximum atomic E-state index is 14.2. The van der Waals surface area contributed by atoms with Gasteiger partial charge in [-0.15, -0.1) is 0 Å². The molecule has 1 fully saturated rings. The van der Waals surface area contributed by atoms with E-state index in [1.807, 2.05) is 18.2 Å². The van der Waals surface area contributed by atoms with E-state index in [-0.39, 0.29) is 36.0 Å². The van der Waals surface area contributed by atoms with Gasteiger partial charge < -0.3 is 5.11 Å². The van der Waals surface area contributed by atoms with E-state index < -0.39 is 11.6 Å². The lowest BCUT2D eigenvalue weighted by Gasteiger charge is -2.47. The number of aromatic hydroxyl groups is 1. The number of piperazine rings is 1. The van der Waals surface area contributed by atoms with Crippen LogP contribution >= 0.6 is 11.3 Å². The lowest BCUT2D eigenvalue weighted by atomic mass is 9.95. The molecular weight excluding hydrogens is 402 g/mol. The Labute approximate surface area is 180 Å². The number of benzene rings is 2. The van der Waals surface area contributed by atoms with Crippen molar-refractivity contribution in [1.29, 1.82) is 0 Å². The summed E-state index contributed by atoms with van der Waals surface area (Å²) in [6, 6.07) is 13.9. The first-order valence-corrected chi connectivity index (χ1v) is 11.1. The zero-order chi connectivity index (χ0) is 21.3. The molecule has 0 bridgehead atoms. The van der Waals surface area contributed by atoms with E-state index in [4.69, 9.17) is 0 Å². The maximum absolute atomic E-state index is 14.2. The molecule has 1 N–H and O–H groups in total. The molecule has 3 aromatic rings. The number of nitrogens with zero attached hydrogens (tertiary/aromatic N) is 2. The zero-order valence-corrected chi connectivity index (χ0v) is 17.9. The van der Waals surface area contributed by atoms with Gasteiger partial charge in [-0.25, -0.2) is 8.78 Å². The highest BCUT2D eigenvalue weighted by Gasteiger charge is 2.35. The van der Waals surface area contributed by atoms with Crippen LogP contribution in [0.2, 0.25) is 0 Å². The molecule has 0 amide bonds. The topological polar surface area (TPSA) is 26.7 Å². The molecule has 158 valence electrons. The van der Waals surface area contributed by atoms with Crippen LogP contribution in [-0.2, 0) is 6.54 Å². The Morgan fingerprint density at radius 1 is 1.00 bits per heavy atom. The minimum absolute atomic E-state index is 0.0214. The molecule has 2 aromatic carbocycles. The van der Waals surface area contributed by atoms with Crippen LogP contribution in [0.3, 0.4) is 0 Å². The van der Waals surface area contributed by atoms with Gasteiger partial charge in [0, 0.05) is 37.3 Å². The van der Waals surface area contributed by atoms with E-state index in [9.17, 15) is 13.9 Å². The molecule has 3 atom stereocenters. The van der Waals surface area contributed by atoms with Crippen LogP contribution in [0.15, 0.2) is 59.3 Å². The van der Waals surface area contributed by atoms with Crippen molar-refractivity contribution >= 4 is 11.3 Å². The van der Waals surface area contributed by atoms with E-state index in [1.165, 1.54) is 23.8 Å². The van der Waals surface area contributed by atoms with E-state index >= 15 is 0 Å². The fourth-order valence-electron chi connectivity index (χ4n) is 4.39. The molecule has 0 spiro atoms. The van der Waals surface area contributed by atoms with Gasteiger partial charge in [0.2, 0.25) is 0 Å². The Kier molecular flexibility index (Phi) is 6.18. The van der Waals surface area contributed by atoms with Gasteiger partial charge in [-0.2, -0.15) is 11.3 Å². The summed E-state index contributed by atoms with van der Waals surface area (Å²) >= 11 is 1.66. The van der Waals surface area contributed by atoms with Crippen LogP contribution in [0.25, 0.3) is 0 Å². The van der Waals surface area contributed by atoms with Gasteiger partial charge in [0.25, 0.3) is 0 Å². The molecule has 4 rings (SSSR count). The first-order chi connectivity index (χ1) is 14.4. The highest BCUT2D eigenvalue weighted by Crippen LogP contribution is 2.35. The van der Waals surface area contributed by atoms with Gasteiger partial charge in [-0.1, -0.05) is 18.2 Å². The normalized spacial score (nSPS) is 21.6. The fourth-order valence-corrected chi connectivity index (χ4v) is 5.07. The van der Waals surface area contributed by atoms with Crippen LogP contribution in [-0.4, -0.2) is 40.1 Å². The summed E-state index contributed by atoms with van der Waals surface area (Å²) in [6.45, 7) is 5.97. The van der Waals surface area contributed by atoms with Crippen molar-refractivity contribution in [1.82, 2.24) is 9.80 Å². The van der Waals surface area contributed by atoms with E-state index in [0.29, 0.717) is 6.54 Å². The smallest absolute Gasteiger partial charge is 0.130 e. The highest BCUT2D eigenvalue weighted by molar-refractivity contribution is 7.08. The van der Waals surface area contributed by atoms with Crippen LogP contribution in [0.4, 0.5) is 8.78 Å². The predicted molar refractivity (Wildman–Crippen MR) is 117 cm³/mol. The van der Waals surface area contributed by atoms with Crippen molar-refractivity contribution in [3.8, 4) is 5.75 Å². The number of hydrogen-bond acceptors (Lipinski definition) is 4. The van der Waals surface area contributed by atoms with Gasteiger partial charge in [-0.05, 0) is 66.1 Å². The average molecular weight is 429 g/mol. The van der Waals surface area contributed by atoms with Crippen molar-refractivity contribution in [2.75, 3.05) is 13.1 Å². The molecule has 0 unspecified atom stereocenters. The van der Waals surface area contributed by atoms with Gasteiger partial charge in [-0.3, -0.25) is 9.80 Å². The second-order valence-corrected chi connectivity index (χ2v) is 8.86. The molecule has 1 aliphatic heterocycles. The molecule has 0 radical (unpaired) electrons. The average Bonchev–Trinajstić information content (AvgIpc) is 3.23. The fraction of sp³-hybridized carbons (Fsp3) is 0.333. The minimum Gasteiger partial charge on any atom is -0.508 e. The summed E-state index contributed by atoms with van der Waals surface area (Å²) in [6.07, 6.45) is 0. The molecule has 6 heteroatoms. The summed E-state index contributed by atoms with van der Waals surface area (Å²) in [4.78, 5) is 4.57. The summed E-state index contributed by atoms with van der Waals surface area (Å²) < 4.78 is 28.4. The third kappa shape index (κ3) is 4.26. The Balaban J connectivity index is 1.59. The van der Waals surface area contributed by atoms with Crippen LogP contribution < -0.4 is 0 Å². The second kappa shape index (κ2) is 8.84. The quantitative estimate of drug-likeness (QED) is 0.588. The van der Waals surface area contributed by atoms with Gasteiger partial charge in [0.15, 0.2) is 0 Å². The summed E-state index contributed by atoms with van der Waals surface area (Å²) in [5.41, 5.74) is 2.37. The summed E-state index contributed by atoms with van der Waals surface area (Å²) in [5.74, 6) is -0.733. The highest BCUT2D eigenvalue weighted by atomic mass is 32.1. The second-order valence-electron chi connectivity index (χ2n) is 8.08. The summed E-state index contributed by atoms with van der Waals surface area (Å²) in [7, 11) is 0. The number of halogens is 2. The number of phenolic OH excluding ortho intramolecular Hbond substituents is 1. The van der Waals surface area contributed by atoms with Crippen LogP contribution in [0.5, 0.6) is 5.75 Å².